The summed E-state index contributed by atoms with van der Waals surface area (Å²) in [5.41, 5.74) is 1.78. The molecule has 1 unspecified atom stereocenters. The maximum Gasteiger partial charge on any atom is 0.416 e. The first kappa shape index (κ1) is 30.0. The number of alkyl halides is 3. The first-order valence-corrected chi connectivity index (χ1v) is 13.4. The number of hydrogen-bond acceptors (Lipinski definition) is 7. The quantitative estimate of drug-likeness (QED) is 0.491. The number of likely N-dealkylation sites (N-methyl/N-ethyl adjacent to an activating group) is 1. The second-order valence-electron chi connectivity index (χ2n) is 10.6. The topological polar surface area (TPSA) is 74.3 Å². The zero-order valence-corrected chi connectivity index (χ0v) is 23.4. The Morgan fingerprint density at radius 3 is 2.45 bits per heavy atom. The van der Waals surface area contributed by atoms with Crippen LogP contribution in [0.5, 0.6) is 0 Å². The molecule has 0 bridgehead atoms. The molecule has 40 heavy (non-hydrogen) atoms. The van der Waals surface area contributed by atoms with Gasteiger partial charge in [-0.2, -0.15) is 13.2 Å². The predicted molar refractivity (Wildman–Crippen MR) is 145 cm³/mol. The number of amides is 1. The van der Waals surface area contributed by atoms with E-state index in [-0.39, 0.29) is 30.3 Å². The van der Waals surface area contributed by atoms with Gasteiger partial charge in [-0.05, 0) is 53.9 Å². The van der Waals surface area contributed by atoms with Gasteiger partial charge in [0.25, 0.3) is 5.91 Å². The zero-order valence-electron chi connectivity index (χ0n) is 23.4. The van der Waals surface area contributed by atoms with Crippen molar-refractivity contribution in [1.82, 2.24) is 14.7 Å². The van der Waals surface area contributed by atoms with Gasteiger partial charge in [-0.3, -0.25) is 19.4 Å². The molecule has 2 heterocycles. The minimum Gasteiger partial charge on any atom is -0.468 e. The molecule has 1 fully saturated rings. The number of carbonyl (C=O) groups is 2. The second kappa shape index (κ2) is 12.7. The molecule has 2 aliphatic heterocycles. The van der Waals surface area contributed by atoms with Gasteiger partial charge >= 0.3 is 12.1 Å². The van der Waals surface area contributed by atoms with Crippen LogP contribution in [0, 0.1) is 0 Å². The van der Waals surface area contributed by atoms with E-state index in [1.807, 2.05) is 29.8 Å². The molecule has 0 spiro atoms. The Bertz CT molecular complexity index is 1210. The number of piperazine rings is 1. The molecule has 11 heteroatoms. The average Bonchev–Trinajstić information content (AvgIpc) is 2.92. The summed E-state index contributed by atoms with van der Waals surface area (Å²) in [6.07, 6.45) is -4.55. The number of rotatable bonds is 8. The summed E-state index contributed by atoms with van der Waals surface area (Å²) in [4.78, 5) is 31.6. The Kier molecular flexibility index (Phi) is 9.50. The Labute approximate surface area is 233 Å². The molecule has 1 amide bonds. The van der Waals surface area contributed by atoms with Gasteiger partial charge in [-0.1, -0.05) is 19.1 Å². The Morgan fingerprint density at radius 2 is 1.80 bits per heavy atom. The van der Waals surface area contributed by atoms with E-state index in [2.05, 4.69) is 10.2 Å². The highest BCUT2D eigenvalue weighted by molar-refractivity contribution is 6.04. The molecule has 0 aromatic heterocycles. The number of ether oxygens (including phenoxy) is 2. The highest BCUT2D eigenvalue weighted by Gasteiger charge is 2.35. The van der Waals surface area contributed by atoms with Gasteiger partial charge in [-0.25, -0.2) is 0 Å². The number of fused-ring (bicyclic) bond motifs is 1. The van der Waals surface area contributed by atoms with Crippen LogP contribution in [0.2, 0.25) is 0 Å². The number of esters is 1. The van der Waals surface area contributed by atoms with E-state index < -0.39 is 29.7 Å². The minimum absolute atomic E-state index is 0.0815. The molecule has 0 saturated carbocycles. The summed E-state index contributed by atoms with van der Waals surface area (Å²) in [6, 6.07) is 8.68. The van der Waals surface area contributed by atoms with Crippen molar-refractivity contribution >= 4 is 17.6 Å². The number of benzene rings is 2. The van der Waals surface area contributed by atoms with Crippen molar-refractivity contribution < 1.29 is 32.2 Å². The van der Waals surface area contributed by atoms with Crippen molar-refractivity contribution in [2.45, 2.75) is 38.1 Å². The summed E-state index contributed by atoms with van der Waals surface area (Å²) in [5.74, 6) is -0.816. The lowest BCUT2D eigenvalue weighted by Crippen LogP contribution is -2.47. The third-order valence-corrected chi connectivity index (χ3v) is 7.72. The fraction of sp³-hybridized carbons (Fsp3) is 0.517. The van der Waals surface area contributed by atoms with Crippen LogP contribution in [0.1, 0.15) is 45.5 Å². The summed E-state index contributed by atoms with van der Waals surface area (Å²) in [5, 5.41) is 2.64. The van der Waals surface area contributed by atoms with Gasteiger partial charge in [0.2, 0.25) is 0 Å². The fourth-order valence-corrected chi connectivity index (χ4v) is 5.46. The van der Waals surface area contributed by atoms with Gasteiger partial charge < -0.3 is 19.7 Å². The predicted octanol–water partition coefficient (Wildman–Crippen LogP) is 3.81. The molecule has 1 N–H and O–H groups in total. The van der Waals surface area contributed by atoms with Crippen LogP contribution in [-0.2, 0) is 33.5 Å². The van der Waals surface area contributed by atoms with E-state index >= 15 is 0 Å². The van der Waals surface area contributed by atoms with E-state index in [1.165, 1.54) is 26.4 Å². The van der Waals surface area contributed by atoms with E-state index in [1.54, 1.807) is 12.1 Å². The van der Waals surface area contributed by atoms with Crippen molar-refractivity contribution in [1.29, 1.82) is 0 Å². The number of halogens is 3. The number of nitrogens with one attached hydrogen (secondary N) is 1. The largest absolute Gasteiger partial charge is 0.468 e. The van der Waals surface area contributed by atoms with Gasteiger partial charge in [0.1, 0.15) is 6.04 Å². The Balaban J connectivity index is 1.52. The molecule has 1 saturated heterocycles. The van der Waals surface area contributed by atoms with E-state index in [9.17, 15) is 22.8 Å². The van der Waals surface area contributed by atoms with Crippen molar-refractivity contribution in [2.75, 3.05) is 65.9 Å². The highest BCUT2D eigenvalue weighted by atomic mass is 19.4. The number of methoxy groups -OCH3 is 2. The number of anilines is 1. The third-order valence-electron chi connectivity index (χ3n) is 7.72. The maximum atomic E-state index is 14.0. The van der Waals surface area contributed by atoms with Crippen molar-refractivity contribution in [3.8, 4) is 0 Å². The van der Waals surface area contributed by atoms with E-state index in [0.717, 1.165) is 30.3 Å². The Hall–Kier alpha value is -2.99. The molecule has 0 radical (unpaired) electrons. The van der Waals surface area contributed by atoms with Crippen LogP contribution in [0.25, 0.3) is 0 Å². The van der Waals surface area contributed by atoms with Gasteiger partial charge in [0, 0.05) is 64.2 Å². The number of nitrogens with zero attached hydrogens (tertiary/aromatic N) is 3. The molecule has 2 aromatic carbocycles. The van der Waals surface area contributed by atoms with Crippen LogP contribution < -0.4 is 5.32 Å². The number of carbonyl (C=O) groups excluding carboxylic acids is 2. The summed E-state index contributed by atoms with van der Waals surface area (Å²) in [7, 11) is 4.84. The fourth-order valence-electron chi connectivity index (χ4n) is 5.46. The molecular weight excluding hydrogens is 525 g/mol. The molecular formula is C29H37F3N4O4. The molecule has 2 aromatic rings. The molecule has 2 aliphatic rings. The first-order valence-electron chi connectivity index (χ1n) is 13.4. The normalized spacial score (nSPS) is 19.6. The van der Waals surface area contributed by atoms with Crippen LogP contribution in [0.3, 0.4) is 0 Å². The van der Waals surface area contributed by atoms with Crippen LogP contribution >= 0.6 is 0 Å². The lowest BCUT2D eigenvalue weighted by molar-refractivity contribution is -0.149. The molecule has 218 valence electrons. The summed E-state index contributed by atoms with van der Waals surface area (Å²) < 4.78 is 52.1. The van der Waals surface area contributed by atoms with Gasteiger partial charge in [0.05, 0.1) is 19.3 Å². The molecule has 2 atom stereocenters. The summed E-state index contributed by atoms with van der Waals surface area (Å²) >= 11 is 0. The molecule has 0 aliphatic carbocycles. The van der Waals surface area contributed by atoms with Crippen LogP contribution in [0.4, 0.5) is 18.9 Å². The summed E-state index contributed by atoms with van der Waals surface area (Å²) in [6.45, 7) is 6.44. The van der Waals surface area contributed by atoms with Gasteiger partial charge in [-0.15, -0.1) is 0 Å². The van der Waals surface area contributed by atoms with Crippen LogP contribution in [-0.4, -0.2) is 93.2 Å². The van der Waals surface area contributed by atoms with Gasteiger partial charge in [0.15, 0.2) is 0 Å². The smallest absolute Gasteiger partial charge is 0.416 e. The molecule has 8 nitrogen and oxygen atoms in total. The third kappa shape index (κ3) is 7.01. The van der Waals surface area contributed by atoms with E-state index in [0.29, 0.717) is 31.7 Å². The number of hydrogen-bond donors (Lipinski definition) is 1. The standard InChI is InChI=1S/C29H37F3N4O4/c1-19-15-36(26(18-39-3)28(38)40-4)17-22-13-20(6-8-24(19)22)27(37)33-23-7-5-21(25(14-23)29(30,31)32)16-35-11-9-34(2)10-12-35/h5-8,13-14,19,26H,9-12,15-18H2,1-4H3,(H,33,37)/t19-,26?/m0/s1. The van der Waals surface area contributed by atoms with Crippen LogP contribution in [0.15, 0.2) is 36.4 Å². The second-order valence-corrected chi connectivity index (χ2v) is 10.6. The highest BCUT2D eigenvalue weighted by Crippen LogP contribution is 2.35. The van der Waals surface area contributed by atoms with Crippen molar-refractivity contribution in [3.63, 3.8) is 0 Å². The average molecular weight is 563 g/mol. The zero-order chi connectivity index (χ0) is 29.0. The van der Waals surface area contributed by atoms with Crippen molar-refractivity contribution in [3.05, 3.63) is 64.2 Å². The lowest BCUT2D eigenvalue weighted by Gasteiger charge is -2.37. The monoisotopic (exact) mass is 562 g/mol. The first-order chi connectivity index (χ1) is 19.0. The SMILES string of the molecule is COCC(C(=O)OC)N1Cc2cc(C(=O)Nc3ccc(CN4CCN(C)CC4)c(C(F)(F)F)c3)ccc2[C@@H](C)C1. The van der Waals surface area contributed by atoms with E-state index in [4.69, 9.17) is 9.47 Å². The molecule has 4 rings (SSSR count). The maximum absolute atomic E-state index is 14.0. The van der Waals surface area contributed by atoms with Crippen molar-refractivity contribution in [2.24, 2.45) is 0 Å². The Morgan fingerprint density at radius 1 is 1.07 bits per heavy atom. The minimum atomic E-state index is -4.55. The lowest BCUT2D eigenvalue weighted by atomic mass is 9.89.